The number of aryl methyl sites for hydroxylation is 1. The lowest BCUT2D eigenvalue weighted by atomic mass is 9.63. The van der Waals surface area contributed by atoms with E-state index >= 15 is 0 Å². The van der Waals surface area contributed by atoms with Gasteiger partial charge >= 0.3 is 0 Å². The number of rotatable bonds is 7. The van der Waals surface area contributed by atoms with Crippen LogP contribution in [-0.4, -0.2) is 0 Å². The zero-order chi connectivity index (χ0) is 21.8. The SMILES string of the molecule is CC=CCCc1cc2ccc(C3CCC4CC(CCCC)CCC4C3)cc2c(F)c1F. The van der Waals surface area contributed by atoms with Crippen LogP contribution in [0, 0.1) is 29.4 Å². The van der Waals surface area contributed by atoms with Crippen LogP contribution in [-0.2, 0) is 6.42 Å². The standard InChI is InChI=1S/C29H38F2/c1-3-5-7-9-26-18-25-15-14-24(19-27(25)29(31)28(26)30)23-13-12-21-16-20(8-6-4-2)10-11-22(21)17-23/h3,5,14-15,18-23H,4,6-13,16-17H2,1-2H3. The van der Waals surface area contributed by atoms with Crippen molar-refractivity contribution in [1.82, 2.24) is 0 Å². The lowest BCUT2D eigenvalue weighted by Crippen LogP contribution is -2.30. The molecule has 0 heterocycles. The molecule has 4 atom stereocenters. The van der Waals surface area contributed by atoms with Crippen molar-refractivity contribution in [2.45, 2.75) is 90.4 Å². The molecule has 4 unspecified atom stereocenters. The van der Waals surface area contributed by atoms with Crippen LogP contribution in [0.2, 0.25) is 0 Å². The molecule has 2 fully saturated rings. The first-order chi connectivity index (χ1) is 15.1. The number of benzene rings is 2. The summed E-state index contributed by atoms with van der Waals surface area (Å²) >= 11 is 0. The van der Waals surface area contributed by atoms with Gasteiger partial charge in [0.05, 0.1) is 0 Å². The van der Waals surface area contributed by atoms with E-state index in [0.717, 1.165) is 29.6 Å². The quantitative estimate of drug-likeness (QED) is 0.389. The molecule has 168 valence electrons. The van der Waals surface area contributed by atoms with E-state index in [-0.39, 0.29) is 0 Å². The number of fused-ring (bicyclic) bond motifs is 2. The average Bonchev–Trinajstić information content (AvgIpc) is 2.80. The predicted octanol–water partition coefficient (Wildman–Crippen LogP) is 9.12. The van der Waals surface area contributed by atoms with Crippen molar-refractivity contribution in [3.05, 3.63) is 59.2 Å². The molecular weight excluding hydrogens is 386 g/mol. The van der Waals surface area contributed by atoms with E-state index in [1.165, 1.54) is 63.4 Å². The minimum absolute atomic E-state index is 0.454. The molecule has 0 nitrogen and oxygen atoms in total. The normalized spacial score (nSPS) is 26.5. The molecule has 0 bridgehead atoms. The highest BCUT2D eigenvalue weighted by atomic mass is 19.2. The highest BCUT2D eigenvalue weighted by Gasteiger charge is 2.35. The molecule has 0 N–H and O–H groups in total. The Hall–Kier alpha value is -1.70. The fraction of sp³-hybridized carbons (Fsp3) is 0.586. The lowest BCUT2D eigenvalue weighted by molar-refractivity contribution is 0.113. The Morgan fingerprint density at radius 2 is 1.77 bits per heavy atom. The molecule has 31 heavy (non-hydrogen) atoms. The van der Waals surface area contributed by atoms with Gasteiger partial charge in [-0.2, -0.15) is 0 Å². The minimum Gasteiger partial charge on any atom is -0.203 e. The van der Waals surface area contributed by atoms with Crippen molar-refractivity contribution in [3.8, 4) is 0 Å². The Bertz CT molecular complexity index is 913. The molecule has 0 aromatic heterocycles. The number of halogens is 2. The van der Waals surface area contributed by atoms with Crippen LogP contribution in [0.25, 0.3) is 10.8 Å². The fourth-order valence-corrected chi connectivity index (χ4v) is 6.29. The van der Waals surface area contributed by atoms with Gasteiger partial charge in [-0.05, 0) is 104 Å². The van der Waals surface area contributed by atoms with Crippen LogP contribution in [0.3, 0.4) is 0 Å². The molecular formula is C29H38F2. The second-order valence-corrected chi connectivity index (χ2v) is 10.1. The Balaban J connectivity index is 1.48. The zero-order valence-electron chi connectivity index (χ0n) is 19.3. The number of hydrogen-bond acceptors (Lipinski definition) is 0. The summed E-state index contributed by atoms with van der Waals surface area (Å²) in [5.41, 5.74) is 1.69. The lowest BCUT2D eigenvalue weighted by Gasteiger charge is -2.42. The second kappa shape index (κ2) is 10.3. The molecule has 0 amide bonds. The molecule has 4 rings (SSSR count). The molecule has 2 aliphatic carbocycles. The summed E-state index contributed by atoms with van der Waals surface area (Å²) in [6, 6.07) is 7.98. The minimum atomic E-state index is -0.667. The summed E-state index contributed by atoms with van der Waals surface area (Å²) in [5.74, 6) is 1.82. The maximum Gasteiger partial charge on any atom is 0.166 e. The zero-order valence-corrected chi connectivity index (χ0v) is 19.3. The first kappa shape index (κ1) is 22.5. The van der Waals surface area contributed by atoms with E-state index in [1.54, 1.807) is 0 Å². The smallest absolute Gasteiger partial charge is 0.166 e. The third-order valence-electron chi connectivity index (χ3n) is 8.09. The summed E-state index contributed by atoms with van der Waals surface area (Å²) in [5, 5.41) is 1.28. The van der Waals surface area contributed by atoms with Gasteiger partial charge in [0.1, 0.15) is 0 Å². The summed E-state index contributed by atoms with van der Waals surface area (Å²) < 4.78 is 29.6. The van der Waals surface area contributed by atoms with Crippen molar-refractivity contribution >= 4 is 10.8 Å². The van der Waals surface area contributed by atoms with Crippen LogP contribution in [0.1, 0.15) is 95.1 Å². The highest BCUT2D eigenvalue weighted by molar-refractivity contribution is 5.85. The van der Waals surface area contributed by atoms with E-state index in [2.05, 4.69) is 13.0 Å². The second-order valence-electron chi connectivity index (χ2n) is 10.1. The van der Waals surface area contributed by atoms with Gasteiger partial charge in [-0.1, -0.05) is 56.9 Å². The van der Waals surface area contributed by atoms with Gasteiger partial charge in [0.2, 0.25) is 0 Å². The highest BCUT2D eigenvalue weighted by Crippen LogP contribution is 2.48. The van der Waals surface area contributed by atoms with Crippen molar-refractivity contribution in [2.75, 3.05) is 0 Å². The van der Waals surface area contributed by atoms with Gasteiger partial charge in [-0.25, -0.2) is 8.78 Å². The van der Waals surface area contributed by atoms with Gasteiger partial charge < -0.3 is 0 Å². The van der Waals surface area contributed by atoms with Gasteiger partial charge in [-0.15, -0.1) is 0 Å². The van der Waals surface area contributed by atoms with Crippen molar-refractivity contribution in [3.63, 3.8) is 0 Å². The first-order valence-electron chi connectivity index (χ1n) is 12.6. The molecule has 0 radical (unpaired) electrons. The number of allylic oxidation sites excluding steroid dienone is 2. The molecule has 2 heteroatoms. The predicted molar refractivity (Wildman–Crippen MR) is 127 cm³/mol. The Morgan fingerprint density at radius 3 is 2.58 bits per heavy atom. The summed E-state index contributed by atoms with van der Waals surface area (Å²) in [6.45, 7) is 4.24. The van der Waals surface area contributed by atoms with Crippen LogP contribution in [0.15, 0.2) is 36.4 Å². The maximum atomic E-state index is 14.9. The molecule has 2 aliphatic rings. The Morgan fingerprint density at radius 1 is 0.968 bits per heavy atom. The fourth-order valence-electron chi connectivity index (χ4n) is 6.29. The third kappa shape index (κ3) is 5.04. The van der Waals surface area contributed by atoms with Gasteiger partial charge in [0.25, 0.3) is 0 Å². The van der Waals surface area contributed by atoms with E-state index in [0.29, 0.717) is 23.3 Å². The third-order valence-corrected chi connectivity index (χ3v) is 8.09. The van der Waals surface area contributed by atoms with E-state index in [4.69, 9.17) is 0 Å². The van der Waals surface area contributed by atoms with Crippen LogP contribution >= 0.6 is 0 Å². The molecule has 0 aliphatic heterocycles. The van der Waals surface area contributed by atoms with E-state index in [1.807, 2.05) is 37.3 Å². The largest absolute Gasteiger partial charge is 0.203 e. The Kier molecular flexibility index (Phi) is 7.46. The van der Waals surface area contributed by atoms with Crippen molar-refractivity contribution in [1.29, 1.82) is 0 Å². The molecule has 2 saturated carbocycles. The van der Waals surface area contributed by atoms with Crippen molar-refractivity contribution in [2.24, 2.45) is 17.8 Å². The van der Waals surface area contributed by atoms with Gasteiger partial charge in [0.15, 0.2) is 11.6 Å². The number of hydrogen-bond donors (Lipinski definition) is 0. The number of unbranched alkanes of at least 4 members (excludes halogenated alkanes) is 1. The monoisotopic (exact) mass is 424 g/mol. The van der Waals surface area contributed by atoms with E-state index in [9.17, 15) is 8.78 Å². The van der Waals surface area contributed by atoms with Gasteiger partial charge in [0, 0.05) is 5.39 Å². The summed E-state index contributed by atoms with van der Waals surface area (Å²) in [4.78, 5) is 0. The molecule has 0 saturated heterocycles. The average molecular weight is 425 g/mol. The topological polar surface area (TPSA) is 0 Å². The van der Waals surface area contributed by atoms with Crippen molar-refractivity contribution < 1.29 is 8.78 Å². The Labute approximate surface area is 187 Å². The van der Waals surface area contributed by atoms with Crippen LogP contribution in [0.5, 0.6) is 0 Å². The van der Waals surface area contributed by atoms with Crippen LogP contribution < -0.4 is 0 Å². The maximum absolute atomic E-state index is 14.9. The summed E-state index contributed by atoms with van der Waals surface area (Å²) in [6.07, 6.45) is 17.2. The van der Waals surface area contributed by atoms with Crippen LogP contribution in [0.4, 0.5) is 8.78 Å². The van der Waals surface area contributed by atoms with Gasteiger partial charge in [-0.3, -0.25) is 0 Å². The van der Waals surface area contributed by atoms with E-state index < -0.39 is 11.6 Å². The molecule has 2 aromatic carbocycles. The first-order valence-corrected chi connectivity index (χ1v) is 12.6. The molecule has 2 aromatic rings. The molecule has 0 spiro atoms. The summed E-state index contributed by atoms with van der Waals surface area (Å²) in [7, 11) is 0.